The molecule has 0 aromatic heterocycles. The molecule has 0 fully saturated rings. The molecule has 6 heteroatoms. The minimum absolute atomic E-state index is 0.0959. The molecule has 1 amide bonds. The van der Waals surface area contributed by atoms with Crippen molar-refractivity contribution < 1.29 is 9.18 Å². The van der Waals surface area contributed by atoms with E-state index in [2.05, 4.69) is 15.6 Å². The third kappa shape index (κ3) is 3.96. The van der Waals surface area contributed by atoms with Gasteiger partial charge in [0.15, 0.2) is 11.1 Å². The number of aliphatic imine (C=N–C) groups is 1. The second kappa shape index (κ2) is 6.19. The number of hydrogen-bond donors (Lipinski definition) is 2. The van der Waals surface area contributed by atoms with Crippen molar-refractivity contribution in [3.8, 4) is 0 Å². The van der Waals surface area contributed by atoms with Crippen molar-refractivity contribution in [2.45, 2.75) is 12.8 Å². The van der Waals surface area contributed by atoms with Crippen molar-refractivity contribution in [3.63, 3.8) is 0 Å². The Morgan fingerprint density at radius 1 is 1.32 bits per heavy atom. The summed E-state index contributed by atoms with van der Waals surface area (Å²) in [6.45, 7) is 0. The van der Waals surface area contributed by atoms with Crippen LogP contribution in [0.2, 0.25) is 0 Å². The first-order valence-corrected chi connectivity index (χ1v) is 6.16. The van der Waals surface area contributed by atoms with E-state index in [1.54, 1.807) is 30.3 Å². The summed E-state index contributed by atoms with van der Waals surface area (Å²) in [7, 11) is 0. The number of rotatable bonds is 2. The van der Waals surface area contributed by atoms with Gasteiger partial charge in [0.2, 0.25) is 0 Å². The molecule has 4 nitrogen and oxygen atoms in total. The van der Waals surface area contributed by atoms with Crippen molar-refractivity contribution in [3.05, 3.63) is 47.8 Å². The Kier molecular flexibility index (Phi) is 4.35. The molecular formula is C13H12FN3OS. The zero-order valence-corrected chi connectivity index (χ0v) is 10.8. The first-order valence-electron chi connectivity index (χ1n) is 5.76. The van der Waals surface area contributed by atoms with Crippen LogP contribution in [0.4, 0.5) is 4.39 Å². The lowest BCUT2D eigenvalue weighted by molar-refractivity contribution is 0.0977. The Hall–Kier alpha value is -2.08. The number of halogens is 1. The van der Waals surface area contributed by atoms with Gasteiger partial charge >= 0.3 is 0 Å². The highest BCUT2D eigenvalue weighted by atomic mass is 32.1. The monoisotopic (exact) mass is 277 g/mol. The van der Waals surface area contributed by atoms with Crippen LogP contribution in [0.3, 0.4) is 0 Å². The average Bonchev–Trinajstić information content (AvgIpc) is 2.39. The minimum Gasteiger partial charge on any atom is -0.317 e. The molecule has 0 bridgehead atoms. The predicted molar refractivity (Wildman–Crippen MR) is 75.5 cm³/mol. The molecule has 1 aliphatic heterocycles. The third-order valence-corrected chi connectivity index (χ3v) is 2.64. The molecule has 0 atom stereocenters. The van der Waals surface area contributed by atoms with Crippen molar-refractivity contribution >= 4 is 29.2 Å². The van der Waals surface area contributed by atoms with Crippen LogP contribution in [0.5, 0.6) is 0 Å². The predicted octanol–water partition coefficient (Wildman–Crippen LogP) is 2.29. The molecular weight excluding hydrogens is 265 g/mol. The minimum atomic E-state index is -0.442. The summed E-state index contributed by atoms with van der Waals surface area (Å²) < 4.78 is 13.0. The molecule has 0 spiro atoms. The van der Waals surface area contributed by atoms with Crippen molar-refractivity contribution in [2.75, 3.05) is 0 Å². The quantitative estimate of drug-likeness (QED) is 0.816. The highest BCUT2D eigenvalue weighted by molar-refractivity contribution is 7.80. The van der Waals surface area contributed by atoms with Crippen LogP contribution in [0.15, 0.2) is 47.2 Å². The summed E-state index contributed by atoms with van der Waals surface area (Å²) >= 11 is 4.97. The molecule has 1 aromatic carbocycles. The SMILES string of the molecule is O=C(NC(=S)NC1=CCCC(F)=N1)c1ccccc1. The second-order valence-corrected chi connectivity index (χ2v) is 4.30. The number of nitrogens with one attached hydrogen (secondary N) is 2. The molecule has 0 saturated carbocycles. The number of nitrogens with zero attached hydrogens (tertiary/aromatic N) is 1. The molecule has 1 aromatic rings. The molecule has 0 unspecified atom stereocenters. The summed E-state index contributed by atoms with van der Waals surface area (Å²) in [5.74, 6) is -0.441. The zero-order valence-electron chi connectivity index (χ0n) is 10.0. The molecule has 98 valence electrons. The molecule has 1 heterocycles. The van der Waals surface area contributed by atoms with Crippen LogP contribution in [0, 0.1) is 0 Å². The average molecular weight is 277 g/mol. The summed E-state index contributed by atoms with van der Waals surface area (Å²) in [6.07, 6.45) is 2.59. The largest absolute Gasteiger partial charge is 0.317 e. The normalized spacial score (nSPS) is 14.2. The third-order valence-electron chi connectivity index (χ3n) is 2.43. The fraction of sp³-hybridized carbons (Fsp3) is 0.154. The number of carbonyl (C=O) groups is 1. The second-order valence-electron chi connectivity index (χ2n) is 3.89. The lowest BCUT2D eigenvalue weighted by atomic mass is 10.2. The Labute approximate surface area is 115 Å². The van der Waals surface area contributed by atoms with E-state index in [0.717, 1.165) is 0 Å². The highest BCUT2D eigenvalue weighted by Crippen LogP contribution is 2.09. The van der Waals surface area contributed by atoms with Crippen LogP contribution in [-0.2, 0) is 0 Å². The molecule has 2 N–H and O–H groups in total. The van der Waals surface area contributed by atoms with E-state index in [-0.39, 0.29) is 11.0 Å². The van der Waals surface area contributed by atoms with E-state index in [1.807, 2.05) is 6.07 Å². The maximum Gasteiger partial charge on any atom is 0.257 e. The number of thiocarbonyl (C=S) groups is 1. The fourth-order valence-corrected chi connectivity index (χ4v) is 1.75. The Bertz CT molecular complexity index is 554. The van der Waals surface area contributed by atoms with E-state index in [0.29, 0.717) is 24.2 Å². The zero-order chi connectivity index (χ0) is 13.7. The molecule has 19 heavy (non-hydrogen) atoms. The van der Waals surface area contributed by atoms with Crippen LogP contribution >= 0.6 is 12.2 Å². The van der Waals surface area contributed by atoms with Gasteiger partial charge in [0.05, 0.1) is 0 Å². The van der Waals surface area contributed by atoms with Gasteiger partial charge in [-0.2, -0.15) is 4.39 Å². The van der Waals surface area contributed by atoms with Crippen molar-refractivity contribution in [1.82, 2.24) is 10.6 Å². The Balaban J connectivity index is 1.92. The van der Waals surface area contributed by atoms with Crippen LogP contribution in [-0.4, -0.2) is 17.0 Å². The fourth-order valence-electron chi connectivity index (χ4n) is 1.55. The first kappa shape index (κ1) is 13.4. The van der Waals surface area contributed by atoms with Gasteiger partial charge < -0.3 is 5.32 Å². The van der Waals surface area contributed by atoms with Crippen LogP contribution in [0.1, 0.15) is 23.2 Å². The van der Waals surface area contributed by atoms with E-state index >= 15 is 0 Å². The Morgan fingerprint density at radius 2 is 2.05 bits per heavy atom. The van der Waals surface area contributed by atoms with Gasteiger partial charge in [-0.25, -0.2) is 4.99 Å². The first-order chi connectivity index (χ1) is 9.15. The van der Waals surface area contributed by atoms with Gasteiger partial charge in [0.25, 0.3) is 5.91 Å². The number of amides is 1. The van der Waals surface area contributed by atoms with Gasteiger partial charge in [-0.3, -0.25) is 10.1 Å². The molecule has 0 aliphatic carbocycles. The van der Waals surface area contributed by atoms with Crippen LogP contribution in [0.25, 0.3) is 0 Å². The lowest BCUT2D eigenvalue weighted by Crippen LogP contribution is -2.38. The van der Waals surface area contributed by atoms with E-state index in [1.165, 1.54) is 0 Å². The molecule has 2 rings (SSSR count). The van der Waals surface area contributed by atoms with Crippen molar-refractivity contribution in [1.29, 1.82) is 0 Å². The van der Waals surface area contributed by atoms with Gasteiger partial charge in [-0.15, -0.1) is 0 Å². The van der Waals surface area contributed by atoms with E-state index in [9.17, 15) is 9.18 Å². The van der Waals surface area contributed by atoms with Gasteiger partial charge in [0.1, 0.15) is 5.82 Å². The highest BCUT2D eigenvalue weighted by Gasteiger charge is 2.10. The smallest absolute Gasteiger partial charge is 0.257 e. The molecule has 0 radical (unpaired) electrons. The maximum atomic E-state index is 13.0. The van der Waals surface area contributed by atoms with Gasteiger partial charge in [-0.1, -0.05) is 18.2 Å². The number of benzene rings is 1. The number of carbonyl (C=O) groups excluding carboxylic acids is 1. The summed E-state index contributed by atoms with van der Waals surface area (Å²) in [5.41, 5.74) is 0.499. The van der Waals surface area contributed by atoms with Gasteiger partial charge in [-0.05, 0) is 36.8 Å². The van der Waals surface area contributed by atoms with E-state index < -0.39 is 5.97 Å². The van der Waals surface area contributed by atoms with Crippen LogP contribution < -0.4 is 10.6 Å². The lowest BCUT2D eigenvalue weighted by Gasteiger charge is -2.12. The van der Waals surface area contributed by atoms with E-state index in [4.69, 9.17) is 12.2 Å². The Morgan fingerprint density at radius 3 is 2.74 bits per heavy atom. The summed E-state index contributed by atoms with van der Waals surface area (Å²) in [6, 6.07) is 8.69. The topological polar surface area (TPSA) is 53.5 Å². The van der Waals surface area contributed by atoms with Crippen molar-refractivity contribution in [2.24, 2.45) is 4.99 Å². The maximum absolute atomic E-state index is 13.0. The van der Waals surface area contributed by atoms with Gasteiger partial charge in [0, 0.05) is 12.0 Å². The standard InChI is InChI=1S/C13H12FN3OS/c14-10-7-4-8-11(15-10)16-13(19)17-12(18)9-5-2-1-3-6-9/h1-3,5-6,8H,4,7H2,(H2,16,17,18,19). The molecule has 1 aliphatic rings. The summed E-state index contributed by atoms with van der Waals surface area (Å²) in [4.78, 5) is 15.5. The summed E-state index contributed by atoms with van der Waals surface area (Å²) in [5, 5.41) is 5.29. The number of hydrogen-bond acceptors (Lipinski definition) is 3. The number of allylic oxidation sites excluding steroid dienone is 1. The molecule has 0 saturated heterocycles.